The van der Waals surface area contributed by atoms with Gasteiger partial charge in [-0.2, -0.15) is 18.3 Å². The van der Waals surface area contributed by atoms with Crippen LogP contribution in [0.5, 0.6) is 0 Å². The van der Waals surface area contributed by atoms with Crippen molar-refractivity contribution in [3.8, 4) is 89.5 Å². The quantitative estimate of drug-likeness (QED) is 0.0263. The maximum Gasteiger partial charge on any atom is 0.762 e. The number of benzene rings is 12. The molecule has 0 atom stereocenters. The van der Waals surface area contributed by atoms with Crippen LogP contribution >= 0.6 is 112 Å². The Kier molecular flexibility index (Phi) is 50.9. The fraction of sp³-hybridized carbons (Fsp3) is 0.174. The average molecular weight is 2630 g/mol. The zero-order valence-corrected chi connectivity index (χ0v) is 98.3. The van der Waals surface area contributed by atoms with Gasteiger partial charge in [0.2, 0.25) is 45.6 Å². The van der Waals surface area contributed by atoms with Crippen LogP contribution in [-0.2, 0) is 20.6 Å². The molecule has 4 heterocycles. The van der Waals surface area contributed by atoms with E-state index in [4.69, 9.17) is 0 Å². The van der Waals surface area contributed by atoms with Gasteiger partial charge in [-0.05, 0) is 296 Å². The van der Waals surface area contributed by atoms with Gasteiger partial charge in [0.15, 0.2) is 12.6 Å². The Hall–Kier alpha value is -9.48. The Labute approximate surface area is 944 Å². The molecular formula is C121H114B2Br7F9I2N4. The fourth-order valence-corrected chi connectivity index (χ4v) is 17.6. The third kappa shape index (κ3) is 37.6. The molecule has 750 valence electrons. The lowest BCUT2D eigenvalue weighted by Gasteiger charge is -2.13. The van der Waals surface area contributed by atoms with Gasteiger partial charge in [-0.1, -0.05) is 326 Å². The van der Waals surface area contributed by atoms with Gasteiger partial charge in [0.1, 0.15) is 19.9 Å². The third-order valence-electron chi connectivity index (χ3n) is 23.6. The summed E-state index contributed by atoms with van der Waals surface area (Å²) >= 11 is 24.9. The molecule has 12 aromatic carbocycles. The summed E-state index contributed by atoms with van der Waals surface area (Å²) in [6, 6.07) is 120. The van der Waals surface area contributed by atoms with E-state index < -0.39 is 15.1 Å². The van der Waals surface area contributed by atoms with Crippen LogP contribution in [0.15, 0.2) is 371 Å². The molecule has 16 aromatic rings. The van der Waals surface area contributed by atoms with Crippen LogP contribution in [0.25, 0.3) is 138 Å². The highest BCUT2D eigenvalue weighted by Gasteiger charge is 2.27. The van der Waals surface area contributed by atoms with E-state index in [1.54, 1.807) is 0 Å². The van der Waals surface area contributed by atoms with Crippen LogP contribution in [0, 0.1) is 11.7 Å². The van der Waals surface area contributed by atoms with E-state index in [0.717, 1.165) is 77.2 Å². The molecule has 0 saturated carbocycles. The summed E-state index contributed by atoms with van der Waals surface area (Å²) in [5, 5.41) is 0. The third-order valence-corrected chi connectivity index (χ3v) is 27.3. The van der Waals surface area contributed by atoms with Gasteiger partial charge in [-0.3, -0.25) is 25.9 Å². The number of halogens is 18. The second kappa shape index (κ2) is 60.2. The van der Waals surface area contributed by atoms with E-state index in [1.807, 2.05) is 24.3 Å². The molecule has 0 saturated heterocycles. The van der Waals surface area contributed by atoms with Gasteiger partial charge in [-0.25, -0.2) is 4.39 Å². The smallest absolute Gasteiger partial charge is 0.762 e. The topological polar surface area (TPSA) is 15.5 Å². The van der Waals surface area contributed by atoms with Crippen molar-refractivity contribution < 1.29 is 106 Å². The molecule has 0 unspecified atom stereocenters. The molecule has 0 radical (unpaired) electrons. The molecular weight excluding hydrogens is 2520 g/mol. The van der Waals surface area contributed by atoms with Crippen molar-refractivity contribution >= 4 is 175 Å². The van der Waals surface area contributed by atoms with Crippen LogP contribution in [0.2, 0.25) is 0 Å². The molecule has 24 heteroatoms. The second-order valence-corrected chi connectivity index (χ2v) is 42.4. The summed E-state index contributed by atoms with van der Waals surface area (Å²) in [7, 11) is -3.13. The minimum Gasteiger partial charge on any atom is -1.00 e. The maximum atomic E-state index is 13.5. The first-order chi connectivity index (χ1) is 67.4. The number of rotatable bonds is 23. The molecule has 4 aromatic heterocycles. The lowest BCUT2D eigenvalue weighted by atomic mass is 9.99. The summed E-state index contributed by atoms with van der Waals surface area (Å²) in [5.41, 5.74) is 33.5. The second-order valence-electron chi connectivity index (χ2n) is 36.0. The number of nitrogens with zero attached hydrogens (tertiary/aromatic N) is 4. The van der Waals surface area contributed by atoms with Gasteiger partial charge < -0.3 is 57.4 Å². The Morgan fingerprint density at radius 2 is 0.441 bits per heavy atom. The Balaban J connectivity index is 0.000000253. The van der Waals surface area contributed by atoms with Gasteiger partial charge in [-0.15, -0.1) is 0 Å². The summed E-state index contributed by atoms with van der Waals surface area (Å²) < 4.78 is 88.4. The molecule has 0 fully saturated rings. The van der Waals surface area contributed by atoms with E-state index in [9.17, 15) is 30.3 Å². The number of hydrogen-bond donors (Lipinski definition) is 0. The number of pyridine rings is 4. The van der Waals surface area contributed by atoms with Gasteiger partial charge in [0.05, 0.1) is 0 Å². The minimum atomic E-state index is -3.67. The van der Waals surface area contributed by atoms with Gasteiger partial charge in [0.25, 0.3) is 0 Å². The first kappa shape index (κ1) is 122. The molecule has 0 amide bonds. The Morgan fingerprint density at radius 1 is 0.241 bits per heavy atom. The van der Waals surface area contributed by atoms with Crippen LogP contribution in [0.4, 0.5) is 30.3 Å². The Bertz CT molecular complexity index is 6680. The van der Waals surface area contributed by atoms with Crippen molar-refractivity contribution in [2.75, 3.05) is 0 Å². The zero-order valence-electron chi connectivity index (χ0n) is 82.9. The van der Waals surface area contributed by atoms with E-state index in [1.165, 1.54) is 130 Å². The SMILES string of the molecule is CC(C)C[n+]1c(/C=C/c2ccc(C(C)C)cc2)cc(-c2ccc(Br)cc2)cc1-c1ccc(Br)cc1.CC(C)c1ccc(/C=C/c2cc(-c3ccc(Br)cc3)cc(-c3ccc(Br)cc3)[n+]2C(C)C)cc1.CC(C)c1ccc(/C=C/c2cc(-c3ccc(Br)cc3)cc(-c3ccc(Br)cc3)[n+]2C)cc1.CC(C)c1ccc(/C=C/c2cc(-c3ccc(F)cc3)cc(-c3ccc(Br)cc3)[n+]2C)cc1.FB(F)F.FB(F)F.[F-].[F-].[I-].[I-]. The Morgan fingerprint density at radius 3 is 0.690 bits per heavy atom. The normalized spacial score (nSPS) is 11.0. The summed E-state index contributed by atoms with van der Waals surface area (Å²) in [5.74, 6) is 2.43. The predicted octanol–water partition coefficient (Wildman–Crippen LogP) is 26.0. The molecule has 4 nitrogen and oxygen atoms in total. The van der Waals surface area contributed by atoms with Crippen molar-refractivity contribution in [3.05, 3.63) is 444 Å². The van der Waals surface area contributed by atoms with Crippen LogP contribution in [-0.4, -0.2) is 15.1 Å². The summed E-state index contributed by atoms with van der Waals surface area (Å²) in [6.45, 7) is 27.8. The van der Waals surface area contributed by atoms with Crippen LogP contribution in [0.1, 0.15) is 180 Å². The molecule has 0 aliphatic rings. The highest BCUT2D eigenvalue weighted by Crippen LogP contribution is 2.36. The van der Waals surface area contributed by atoms with Gasteiger partial charge in [0, 0.05) is 132 Å². The minimum absolute atomic E-state index is 0. The lowest BCUT2D eigenvalue weighted by Crippen LogP contribution is -3.00. The largest absolute Gasteiger partial charge is 1.00 e. The fourth-order valence-electron chi connectivity index (χ4n) is 15.8. The van der Waals surface area contributed by atoms with Crippen molar-refractivity contribution in [3.63, 3.8) is 0 Å². The molecule has 0 N–H and O–H groups in total. The number of aromatic nitrogens is 4. The number of hydrogen-bond acceptors (Lipinski definition) is 0. The zero-order chi connectivity index (χ0) is 102. The van der Waals surface area contributed by atoms with E-state index >= 15 is 0 Å². The van der Waals surface area contributed by atoms with Crippen LogP contribution in [0.3, 0.4) is 0 Å². The van der Waals surface area contributed by atoms with E-state index in [0.29, 0.717) is 35.6 Å². The maximum absolute atomic E-state index is 13.5. The van der Waals surface area contributed by atoms with Gasteiger partial charge >= 0.3 is 15.1 Å². The monoisotopic (exact) mass is 2620 g/mol. The first-order valence-electron chi connectivity index (χ1n) is 46.7. The van der Waals surface area contributed by atoms with Crippen molar-refractivity contribution in [2.45, 2.75) is 119 Å². The van der Waals surface area contributed by atoms with E-state index in [2.05, 4.69) is 579 Å². The first-order valence-corrected chi connectivity index (χ1v) is 52.2. The molecule has 0 bridgehead atoms. The van der Waals surface area contributed by atoms with Crippen molar-refractivity contribution in [2.24, 2.45) is 20.0 Å². The van der Waals surface area contributed by atoms with Crippen LogP contribution < -0.4 is 75.6 Å². The summed E-state index contributed by atoms with van der Waals surface area (Å²) in [6.07, 6.45) is 17.6. The summed E-state index contributed by atoms with van der Waals surface area (Å²) in [4.78, 5) is 0. The van der Waals surface area contributed by atoms with E-state index in [-0.39, 0.29) is 63.2 Å². The predicted molar refractivity (Wildman–Crippen MR) is 607 cm³/mol. The molecule has 0 aliphatic carbocycles. The highest BCUT2D eigenvalue weighted by molar-refractivity contribution is 9.11. The average Bonchev–Trinajstić information content (AvgIpc) is 0.783. The lowest BCUT2D eigenvalue weighted by molar-refractivity contribution is -0.707. The standard InChI is InChI=1S/C32H32Br2N.C31H30Br2N.C29H26Br2N.C29H26BrFN.2BF3.2FH.2HI/c1-22(2)21-35-31(18-7-24-5-8-25(9-6-24)23(3)4)19-28(26-10-14-29(33)15-11-26)20-32(35)27-12-16-30(34)17-13-27;1-21(2)24-8-5-23(6-9-24)7-18-30-19-27(25-10-14-28(32)15-11-25)20-31(34(30)22(3)4)26-12-16-29(33)17-13-26;1-20(2)22-7-4-21(5-8-22)6-17-28-18-25(23-9-13-26(30)14-10-23)19-29(32(28)3)24-11-15-27(31)16-12-24;1-20(2)22-7-4-21(5-8-22)6-17-28-18-25(23-11-15-27(31)16-12-23)19-29(32(28)3)24-9-13-26(30)14-10-24;2*2-1(3)4;;;;/h5-20,22-23H,21H2,1-4H3;5-22H,1-4H3;2*4-20H,1-3H3;;;4*1H/q4*+1;;;;;;/p-4/b2*18-7+;2*17-6+;;;;;;. The molecule has 0 aliphatic heterocycles. The molecule has 16 rings (SSSR count). The van der Waals surface area contributed by atoms with Crippen molar-refractivity contribution in [1.29, 1.82) is 0 Å². The molecule has 0 spiro atoms. The van der Waals surface area contributed by atoms with Crippen molar-refractivity contribution in [1.82, 2.24) is 0 Å². The molecule has 145 heavy (non-hydrogen) atoms. The highest BCUT2D eigenvalue weighted by atomic mass is 127.